The molecule has 3 aromatic rings. The van der Waals surface area contributed by atoms with Crippen molar-refractivity contribution in [3.8, 4) is 0 Å². The maximum absolute atomic E-state index is 12.1. The molecule has 0 atom stereocenters. The second-order valence-electron chi connectivity index (χ2n) is 6.24. The minimum atomic E-state index is -4.34. The molecule has 0 aliphatic rings. The Labute approximate surface area is 164 Å². The molecule has 1 amide bonds. The summed E-state index contributed by atoms with van der Waals surface area (Å²) in [7, 11) is 0. The Kier molecular flexibility index (Phi) is 6.64. The Bertz CT molecular complexity index is 890. The summed E-state index contributed by atoms with van der Waals surface area (Å²) in [5, 5.41) is 3.88. The predicted molar refractivity (Wildman–Crippen MR) is 102 cm³/mol. The van der Waals surface area contributed by atoms with Gasteiger partial charge in [-0.05, 0) is 36.2 Å². The van der Waals surface area contributed by atoms with Gasteiger partial charge in [0.2, 0.25) is 0 Å². The number of aryl methyl sites for hydroxylation is 1. The fraction of sp³-hybridized carbons (Fsp3) is 0.300. The topological polar surface area (TPSA) is 51.2 Å². The van der Waals surface area contributed by atoms with Crippen LogP contribution in [-0.4, -0.2) is 30.2 Å². The van der Waals surface area contributed by atoms with Crippen LogP contribution >= 0.6 is 11.3 Å². The third-order valence-electron chi connectivity index (χ3n) is 3.94. The molecule has 1 N–H and O–H groups in total. The van der Waals surface area contributed by atoms with Crippen LogP contribution in [0.15, 0.2) is 48.5 Å². The van der Waals surface area contributed by atoms with E-state index in [1.54, 1.807) is 35.6 Å². The van der Waals surface area contributed by atoms with E-state index < -0.39 is 12.8 Å². The Morgan fingerprint density at radius 2 is 1.86 bits per heavy atom. The molecule has 148 valence electrons. The zero-order chi connectivity index (χ0) is 20.0. The second-order valence-corrected chi connectivity index (χ2v) is 7.35. The van der Waals surface area contributed by atoms with Gasteiger partial charge in [0.05, 0.1) is 21.8 Å². The van der Waals surface area contributed by atoms with Crippen molar-refractivity contribution in [1.82, 2.24) is 10.3 Å². The van der Waals surface area contributed by atoms with E-state index in [-0.39, 0.29) is 12.5 Å². The monoisotopic (exact) mass is 408 g/mol. The fourth-order valence-corrected chi connectivity index (χ4v) is 3.62. The van der Waals surface area contributed by atoms with E-state index in [1.807, 2.05) is 24.3 Å². The van der Waals surface area contributed by atoms with Crippen molar-refractivity contribution >= 4 is 27.5 Å². The number of para-hydroxylation sites is 1. The number of ether oxygens (including phenoxy) is 1. The van der Waals surface area contributed by atoms with E-state index in [0.717, 1.165) is 28.1 Å². The average Bonchev–Trinajstić information content (AvgIpc) is 3.07. The molecule has 3 rings (SSSR count). The first-order chi connectivity index (χ1) is 13.4. The summed E-state index contributed by atoms with van der Waals surface area (Å²) in [6.07, 6.45) is -2.78. The normalized spacial score (nSPS) is 11.7. The molecule has 0 aliphatic carbocycles. The van der Waals surface area contributed by atoms with Crippen LogP contribution in [0.4, 0.5) is 13.2 Å². The molecule has 0 saturated heterocycles. The lowest BCUT2D eigenvalue weighted by atomic mass is 10.1. The summed E-state index contributed by atoms with van der Waals surface area (Å²) >= 11 is 1.66. The number of thiazole rings is 1. The number of carbonyl (C=O) groups excluding carboxylic acids is 1. The highest BCUT2D eigenvalue weighted by atomic mass is 32.1. The van der Waals surface area contributed by atoms with Gasteiger partial charge >= 0.3 is 6.18 Å². The highest BCUT2D eigenvalue weighted by Gasteiger charge is 2.27. The smallest absolute Gasteiger partial charge is 0.367 e. The molecule has 1 aromatic heterocycles. The number of halogens is 3. The third kappa shape index (κ3) is 6.03. The largest absolute Gasteiger partial charge is 0.411 e. The molecular formula is C20H19F3N2O2S. The van der Waals surface area contributed by atoms with Crippen LogP contribution in [-0.2, 0) is 17.8 Å². The molecule has 0 bridgehead atoms. The van der Waals surface area contributed by atoms with Crippen molar-refractivity contribution in [2.24, 2.45) is 0 Å². The summed E-state index contributed by atoms with van der Waals surface area (Å²) in [5.74, 6) is -0.216. The minimum Gasteiger partial charge on any atom is -0.367 e. The van der Waals surface area contributed by atoms with Gasteiger partial charge in [-0.2, -0.15) is 13.2 Å². The average molecular weight is 408 g/mol. The molecule has 1 heterocycles. The maximum atomic E-state index is 12.1. The number of amides is 1. The molecule has 0 radical (unpaired) electrons. The van der Waals surface area contributed by atoms with E-state index in [0.29, 0.717) is 17.7 Å². The predicted octanol–water partition coefficient (Wildman–Crippen LogP) is 4.74. The van der Waals surface area contributed by atoms with Crippen LogP contribution in [0.25, 0.3) is 10.2 Å². The van der Waals surface area contributed by atoms with Gasteiger partial charge in [0.1, 0.15) is 6.61 Å². The highest BCUT2D eigenvalue weighted by molar-refractivity contribution is 7.18. The number of rotatable bonds is 8. The van der Waals surface area contributed by atoms with Gasteiger partial charge in [-0.1, -0.05) is 24.3 Å². The van der Waals surface area contributed by atoms with Gasteiger partial charge < -0.3 is 10.1 Å². The first kappa shape index (κ1) is 20.3. The van der Waals surface area contributed by atoms with Gasteiger partial charge in [-0.25, -0.2) is 4.98 Å². The Balaban J connectivity index is 1.40. The van der Waals surface area contributed by atoms with Gasteiger partial charge in [-0.3, -0.25) is 4.79 Å². The van der Waals surface area contributed by atoms with Gasteiger partial charge in [-0.15, -0.1) is 11.3 Å². The molecule has 0 saturated carbocycles. The van der Waals surface area contributed by atoms with E-state index >= 15 is 0 Å². The number of nitrogens with one attached hydrogen (secondary N) is 1. The molecule has 28 heavy (non-hydrogen) atoms. The maximum Gasteiger partial charge on any atom is 0.411 e. The van der Waals surface area contributed by atoms with Gasteiger partial charge in [0.15, 0.2) is 0 Å². The molecule has 4 nitrogen and oxygen atoms in total. The summed E-state index contributed by atoms with van der Waals surface area (Å²) in [6.45, 7) is -0.918. The van der Waals surface area contributed by atoms with Crippen molar-refractivity contribution in [3.05, 3.63) is 64.7 Å². The number of carbonyl (C=O) groups is 1. The van der Waals surface area contributed by atoms with Crippen molar-refractivity contribution in [2.45, 2.75) is 25.6 Å². The molecule has 8 heteroatoms. The molecule has 0 fully saturated rings. The van der Waals surface area contributed by atoms with Crippen molar-refractivity contribution < 1.29 is 22.7 Å². The van der Waals surface area contributed by atoms with E-state index in [2.05, 4.69) is 15.0 Å². The SMILES string of the molecule is O=C(NCCCc1nc2ccccc2s1)c1ccc(COCC(F)(F)F)cc1. The Hall–Kier alpha value is -2.45. The number of alkyl halides is 3. The number of fused-ring (bicyclic) bond motifs is 1. The summed E-state index contributed by atoms with van der Waals surface area (Å²) in [6, 6.07) is 14.3. The lowest BCUT2D eigenvalue weighted by Crippen LogP contribution is -2.24. The fourth-order valence-electron chi connectivity index (χ4n) is 2.61. The van der Waals surface area contributed by atoms with Gasteiger partial charge in [0, 0.05) is 18.5 Å². The molecule has 0 aliphatic heterocycles. The lowest BCUT2D eigenvalue weighted by molar-refractivity contribution is -0.176. The standard InChI is InChI=1S/C20H19F3N2O2S/c21-20(22,23)13-27-12-14-7-9-15(10-8-14)19(26)24-11-3-6-18-25-16-4-1-2-5-17(16)28-18/h1-2,4-5,7-10H,3,6,11-13H2,(H,24,26). The minimum absolute atomic E-state index is 0.149. The zero-order valence-electron chi connectivity index (χ0n) is 15.0. The van der Waals surface area contributed by atoms with E-state index in [9.17, 15) is 18.0 Å². The van der Waals surface area contributed by atoms with Crippen molar-refractivity contribution in [3.63, 3.8) is 0 Å². The number of hydrogen-bond donors (Lipinski definition) is 1. The lowest BCUT2D eigenvalue weighted by Gasteiger charge is -2.08. The van der Waals surface area contributed by atoms with Crippen molar-refractivity contribution in [2.75, 3.05) is 13.2 Å². The van der Waals surface area contributed by atoms with Crippen molar-refractivity contribution in [1.29, 1.82) is 0 Å². The van der Waals surface area contributed by atoms with Crippen LogP contribution in [0.1, 0.15) is 27.3 Å². The number of nitrogens with zero attached hydrogens (tertiary/aromatic N) is 1. The highest BCUT2D eigenvalue weighted by Crippen LogP contribution is 2.22. The number of aromatic nitrogens is 1. The quantitative estimate of drug-likeness (QED) is 0.548. The summed E-state index contributed by atoms with van der Waals surface area (Å²) < 4.78 is 41.9. The van der Waals surface area contributed by atoms with Crippen LogP contribution < -0.4 is 5.32 Å². The third-order valence-corrected chi connectivity index (χ3v) is 5.04. The Morgan fingerprint density at radius 3 is 2.57 bits per heavy atom. The first-order valence-corrected chi connectivity index (χ1v) is 9.58. The van der Waals surface area contributed by atoms with E-state index in [4.69, 9.17) is 0 Å². The first-order valence-electron chi connectivity index (χ1n) is 8.77. The number of benzene rings is 2. The number of hydrogen-bond acceptors (Lipinski definition) is 4. The molecule has 0 unspecified atom stereocenters. The van der Waals surface area contributed by atoms with Crippen LogP contribution in [0, 0.1) is 0 Å². The molecule has 0 spiro atoms. The van der Waals surface area contributed by atoms with Crippen LogP contribution in [0.5, 0.6) is 0 Å². The summed E-state index contributed by atoms with van der Waals surface area (Å²) in [5.41, 5.74) is 2.03. The summed E-state index contributed by atoms with van der Waals surface area (Å²) in [4.78, 5) is 16.7. The Morgan fingerprint density at radius 1 is 1.11 bits per heavy atom. The second kappa shape index (κ2) is 9.16. The zero-order valence-corrected chi connectivity index (χ0v) is 15.8. The van der Waals surface area contributed by atoms with Gasteiger partial charge in [0.25, 0.3) is 5.91 Å². The molecule has 2 aromatic carbocycles. The van der Waals surface area contributed by atoms with Crippen LogP contribution in [0.3, 0.4) is 0 Å². The van der Waals surface area contributed by atoms with E-state index in [1.165, 1.54) is 0 Å². The molecular weight excluding hydrogens is 389 g/mol. The van der Waals surface area contributed by atoms with Crippen LogP contribution in [0.2, 0.25) is 0 Å².